The Morgan fingerprint density at radius 1 is 0.513 bits per heavy atom. The Morgan fingerprint density at radius 2 is 1.28 bits per heavy atom. The van der Waals surface area contributed by atoms with Gasteiger partial charge in [0.25, 0.3) is 0 Å². The van der Waals surface area contributed by atoms with Crippen LogP contribution in [0.15, 0.2) is 138 Å². The van der Waals surface area contributed by atoms with Gasteiger partial charge in [-0.15, -0.1) is 11.3 Å². The summed E-state index contributed by atoms with van der Waals surface area (Å²) < 4.78 is 8.86. The Morgan fingerprint density at radius 3 is 2.18 bits per heavy atom. The Balaban J connectivity index is 1.18. The Hall–Kier alpha value is -4.86. The molecule has 0 aliphatic rings. The summed E-state index contributed by atoms with van der Waals surface area (Å²) >= 11 is 1.84. The number of fused-ring (bicyclic) bond motifs is 6. The molecule has 0 spiro atoms. The van der Waals surface area contributed by atoms with E-state index in [1.54, 1.807) is 0 Å². The van der Waals surface area contributed by atoms with Crippen LogP contribution in [0.1, 0.15) is 0 Å². The molecule has 0 aliphatic carbocycles. The van der Waals surface area contributed by atoms with Crippen molar-refractivity contribution in [1.29, 1.82) is 0 Å². The minimum absolute atomic E-state index is 0.921. The molecule has 0 bridgehead atoms. The number of furan rings is 1. The van der Waals surface area contributed by atoms with Crippen LogP contribution in [0.3, 0.4) is 0 Å². The first-order valence-corrected chi connectivity index (χ1v) is 13.9. The van der Waals surface area contributed by atoms with E-state index >= 15 is 0 Å². The lowest BCUT2D eigenvalue weighted by Gasteiger charge is -2.10. The lowest BCUT2D eigenvalue weighted by molar-refractivity contribution is 0.670. The van der Waals surface area contributed by atoms with Crippen molar-refractivity contribution >= 4 is 64.8 Å². The van der Waals surface area contributed by atoms with E-state index in [0.717, 1.165) is 44.4 Å². The van der Waals surface area contributed by atoms with Gasteiger partial charge in [0.2, 0.25) is 0 Å². The second-order valence-electron chi connectivity index (χ2n) is 9.84. The SMILES string of the molecule is c1ccc(-c2ccc3sc4cccc(Nc5ccc(-c6cccc7c6oc6ccccc67)cc5)c4c3c2)cc1. The minimum Gasteiger partial charge on any atom is -0.455 e. The van der Waals surface area contributed by atoms with Crippen molar-refractivity contribution < 1.29 is 4.42 Å². The second kappa shape index (κ2) is 8.87. The summed E-state index contributed by atoms with van der Waals surface area (Å²) in [6.07, 6.45) is 0. The maximum absolute atomic E-state index is 6.27. The highest BCUT2D eigenvalue weighted by molar-refractivity contribution is 7.26. The number of rotatable bonds is 4. The highest BCUT2D eigenvalue weighted by atomic mass is 32.1. The monoisotopic (exact) mass is 517 g/mol. The predicted molar refractivity (Wildman–Crippen MR) is 167 cm³/mol. The Bertz CT molecular complexity index is 2140. The van der Waals surface area contributed by atoms with Gasteiger partial charge in [-0.2, -0.15) is 0 Å². The molecule has 0 aliphatic heterocycles. The van der Waals surface area contributed by atoms with E-state index in [0.29, 0.717) is 0 Å². The van der Waals surface area contributed by atoms with E-state index in [1.807, 2.05) is 23.5 Å². The van der Waals surface area contributed by atoms with Crippen molar-refractivity contribution in [3.63, 3.8) is 0 Å². The molecule has 0 saturated carbocycles. The summed E-state index contributed by atoms with van der Waals surface area (Å²) in [4.78, 5) is 0. The lowest BCUT2D eigenvalue weighted by atomic mass is 10.0. The van der Waals surface area contributed by atoms with Crippen LogP contribution in [0, 0.1) is 0 Å². The van der Waals surface area contributed by atoms with Crippen LogP contribution in [-0.2, 0) is 0 Å². The fourth-order valence-electron chi connectivity index (χ4n) is 5.60. The molecule has 3 heteroatoms. The molecule has 0 fully saturated rings. The zero-order valence-corrected chi connectivity index (χ0v) is 21.8. The molecule has 8 rings (SSSR count). The zero-order valence-electron chi connectivity index (χ0n) is 21.0. The largest absolute Gasteiger partial charge is 0.455 e. The first-order valence-electron chi connectivity index (χ1n) is 13.1. The number of hydrogen-bond acceptors (Lipinski definition) is 3. The smallest absolute Gasteiger partial charge is 0.143 e. The van der Waals surface area contributed by atoms with Gasteiger partial charge in [-0.3, -0.25) is 0 Å². The maximum Gasteiger partial charge on any atom is 0.143 e. The third-order valence-corrected chi connectivity index (χ3v) is 8.62. The van der Waals surface area contributed by atoms with Crippen molar-refractivity contribution in [2.45, 2.75) is 0 Å². The van der Waals surface area contributed by atoms with Gasteiger partial charge in [0.15, 0.2) is 0 Å². The normalized spacial score (nSPS) is 11.6. The Labute approximate surface area is 229 Å². The molecule has 2 heterocycles. The topological polar surface area (TPSA) is 25.2 Å². The fraction of sp³-hybridized carbons (Fsp3) is 0. The summed E-state index contributed by atoms with van der Waals surface area (Å²) in [7, 11) is 0. The highest BCUT2D eigenvalue weighted by Gasteiger charge is 2.13. The van der Waals surface area contributed by atoms with Crippen LogP contribution < -0.4 is 5.32 Å². The number of nitrogens with one attached hydrogen (secondary N) is 1. The molecule has 0 amide bonds. The number of anilines is 2. The molecule has 2 aromatic heterocycles. The van der Waals surface area contributed by atoms with Crippen LogP contribution in [-0.4, -0.2) is 0 Å². The summed E-state index contributed by atoms with van der Waals surface area (Å²) in [5.74, 6) is 0. The maximum atomic E-state index is 6.27. The third-order valence-electron chi connectivity index (χ3n) is 7.48. The standard InChI is InChI=1S/C36H23NOS/c1-2-8-23(9-3-1)25-18-21-33-30(22-25)35-31(13-7-15-34(35)39-33)37-26-19-16-24(17-20-26)27-11-6-12-29-28-10-4-5-14-32(28)38-36(27)29/h1-22,37H. The van der Waals surface area contributed by atoms with E-state index in [1.165, 1.54) is 31.3 Å². The fourth-order valence-corrected chi connectivity index (χ4v) is 6.72. The van der Waals surface area contributed by atoms with Crippen molar-refractivity contribution in [2.24, 2.45) is 0 Å². The molecule has 8 aromatic rings. The number of hydrogen-bond donors (Lipinski definition) is 1. The molecule has 0 radical (unpaired) electrons. The van der Waals surface area contributed by atoms with Crippen LogP contribution in [0.5, 0.6) is 0 Å². The van der Waals surface area contributed by atoms with Gasteiger partial charge in [-0.25, -0.2) is 0 Å². The van der Waals surface area contributed by atoms with Crippen LogP contribution in [0.25, 0.3) is 64.4 Å². The van der Waals surface area contributed by atoms with Crippen molar-refractivity contribution in [3.8, 4) is 22.3 Å². The molecular weight excluding hydrogens is 494 g/mol. The quantitative estimate of drug-likeness (QED) is 0.251. The first-order chi connectivity index (χ1) is 19.3. The van der Waals surface area contributed by atoms with Gasteiger partial charge < -0.3 is 9.73 Å². The van der Waals surface area contributed by atoms with E-state index in [4.69, 9.17) is 4.42 Å². The number of benzene rings is 6. The molecule has 0 unspecified atom stereocenters. The molecule has 0 saturated heterocycles. The Kier molecular flexibility index (Phi) is 5.04. The molecule has 1 N–H and O–H groups in total. The molecule has 2 nitrogen and oxygen atoms in total. The van der Waals surface area contributed by atoms with Gasteiger partial charge in [-0.05, 0) is 59.2 Å². The third kappa shape index (κ3) is 3.70. The van der Waals surface area contributed by atoms with E-state index < -0.39 is 0 Å². The zero-order chi connectivity index (χ0) is 25.8. The molecular formula is C36H23NOS. The number of para-hydroxylation sites is 2. The molecule has 184 valence electrons. The van der Waals surface area contributed by atoms with Crippen molar-refractivity contribution in [3.05, 3.63) is 133 Å². The van der Waals surface area contributed by atoms with E-state index in [9.17, 15) is 0 Å². The summed E-state index contributed by atoms with van der Waals surface area (Å²) in [6.45, 7) is 0. The molecule has 39 heavy (non-hydrogen) atoms. The van der Waals surface area contributed by atoms with Crippen molar-refractivity contribution in [1.82, 2.24) is 0 Å². The average Bonchev–Trinajstić information content (AvgIpc) is 3.57. The second-order valence-corrected chi connectivity index (χ2v) is 10.9. The highest BCUT2D eigenvalue weighted by Crippen LogP contribution is 2.41. The molecule has 6 aromatic carbocycles. The minimum atomic E-state index is 0.921. The number of thiophene rings is 1. The van der Waals surface area contributed by atoms with Gasteiger partial charge in [0.1, 0.15) is 11.2 Å². The van der Waals surface area contributed by atoms with Crippen LogP contribution in [0.2, 0.25) is 0 Å². The average molecular weight is 518 g/mol. The van der Waals surface area contributed by atoms with Crippen LogP contribution >= 0.6 is 11.3 Å². The summed E-state index contributed by atoms with van der Waals surface area (Å²) in [6, 6.07) is 47.2. The molecule has 0 atom stereocenters. The van der Waals surface area contributed by atoms with Gasteiger partial charge in [0, 0.05) is 47.9 Å². The first kappa shape index (κ1) is 22.2. The predicted octanol–water partition coefficient (Wildman–Crippen LogP) is 11.0. The van der Waals surface area contributed by atoms with E-state index in [2.05, 4.69) is 127 Å². The van der Waals surface area contributed by atoms with E-state index in [-0.39, 0.29) is 0 Å². The summed E-state index contributed by atoms with van der Waals surface area (Å²) in [5.41, 5.74) is 8.75. The summed E-state index contributed by atoms with van der Waals surface area (Å²) in [5, 5.41) is 8.56. The lowest BCUT2D eigenvalue weighted by Crippen LogP contribution is -1.91. The van der Waals surface area contributed by atoms with Gasteiger partial charge in [-0.1, -0.05) is 91.0 Å². The van der Waals surface area contributed by atoms with Crippen molar-refractivity contribution in [2.75, 3.05) is 5.32 Å². The van der Waals surface area contributed by atoms with Gasteiger partial charge in [0.05, 0.1) is 0 Å². The van der Waals surface area contributed by atoms with Gasteiger partial charge >= 0.3 is 0 Å². The van der Waals surface area contributed by atoms with Crippen LogP contribution in [0.4, 0.5) is 11.4 Å².